The predicted molar refractivity (Wildman–Crippen MR) is 158 cm³/mol. The molecule has 0 saturated heterocycles. The molecule has 0 fully saturated rings. The number of halogens is 1. The largest absolute Gasteiger partial charge is 0.489 e. The molecule has 7 nitrogen and oxygen atoms in total. The number of hydrogen-bond acceptors (Lipinski definition) is 5. The van der Waals surface area contributed by atoms with Gasteiger partial charge >= 0.3 is 0 Å². The van der Waals surface area contributed by atoms with Gasteiger partial charge in [-0.3, -0.25) is 14.5 Å². The summed E-state index contributed by atoms with van der Waals surface area (Å²) >= 11 is 5.97. The van der Waals surface area contributed by atoms with Crippen LogP contribution >= 0.6 is 11.6 Å². The minimum absolute atomic E-state index is 0.00108. The molecule has 1 aliphatic rings. The third-order valence-electron chi connectivity index (χ3n) is 6.65. The Balaban J connectivity index is 1.54. The molecule has 0 saturated carbocycles. The summed E-state index contributed by atoms with van der Waals surface area (Å²) in [6.45, 7) is 5.65. The Hall–Kier alpha value is -5.19. The predicted octanol–water partition coefficient (Wildman–Crippen LogP) is 6.55. The molecule has 0 bridgehead atoms. The molecule has 4 aromatic rings. The van der Waals surface area contributed by atoms with Crippen LogP contribution in [0.2, 0.25) is 5.02 Å². The van der Waals surface area contributed by atoms with Crippen molar-refractivity contribution in [3.63, 3.8) is 0 Å². The number of ether oxygens (including phenoxy) is 1. The maximum atomic E-state index is 13.4. The van der Waals surface area contributed by atoms with E-state index in [1.807, 2.05) is 91.1 Å². The van der Waals surface area contributed by atoms with Crippen LogP contribution in [0, 0.1) is 11.3 Å². The second-order valence-corrected chi connectivity index (χ2v) is 9.77. The van der Waals surface area contributed by atoms with Crippen LogP contribution in [0.4, 0.5) is 0 Å². The fraction of sp³-hybridized carbons (Fsp3) is 0.0909. The van der Waals surface area contributed by atoms with Gasteiger partial charge in [-0.25, -0.2) is 4.68 Å². The van der Waals surface area contributed by atoms with E-state index in [2.05, 4.69) is 6.58 Å². The molecule has 5 rings (SSSR count). The fourth-order valence-electron chi connectivity index (χ4n) is 4.47. The van der Waals surface area contributed by atoms with Gasteiger partial charge in [-0.15, -0.1) is 6.58 Å². The van der Waals surface area contributed by atoms with Gasteiger partial charge in [-0.1, -0.05) is 48.0 Å². The van der Waals surface area contributed by atoms with Crippen molar-refractivity contribution in [2.45, 2.75) is 13.5 Å². The second-order valence-electron chi connectivity index (χ2n) is 9.33. The van der Waals surface area contributed by atoms with Crippen molar-refractivity contribution in [2.75, 3.05) is 6.54 Å². The molecule has 0 N–H and O–H groups in total. The lowest BCUT2D eigenvalue weighted by Crippen LogP contribution is -2.42. The van der Waals surface area contributed by atoms with E-state index in [1.54, 1.807) is 17.7 Å². The number of amides is 2. The summed E-state index contributed by atoms with van der Waals surface area (Å²) in [6.07, 6.45) is 4.96. The Bertz CT molecular complexity index is 1730. The van der Waals surface area contributed by atoms with E-state index in [4.69, 9.17) is 21.4 Å². The van der Waals surface area contributed by atoms with E-state index >= 15 is 0 Å². The van der Waals surface area contributed by atoms with E-state index in [-0.39, 0.29) is 17.7 Å². The molecule has 202 valence electrons. The van der Waals surface area contributed by atoms with E-state index in [0.29, 0.717) is 34.2 Å². The number of nitrogens with zero attached hydrogens (tertiary/aromatic N) is 4. The molecule has 0 atom stereocenters. The number of imide groups is 1. The van der Waals surface area contributed by atoms with Gasteiger partial charge < -0.3 is 4.74 Å². The van der Waals surface area contributed by atoms with Gasteiger partial charge in [-0.05, 0) is 72.7 Å². The number of carbonyl (C=O) groups excluding carboxylic acids is 2. The number of carbonyl (C=O) groups is 2. The van der Waals surface area contributed by atoms with Crippen molar-refractivity contribution in [1.82, 2.24) is 14.7 Å². The van der Waals surface area contributed by atoms with Crippen molar-refractivity contribution in [3.8, 4) is 28.8 Å². The molecule has 0 unspecified atom stereocenters. The molecule has 0 radical (unpaired) electrons. The maximum absolute atomic E-state index is 13.4. The minimum Gasteiger partial charge on any atom is -0.489 e. The fourth-order valence-corrected chi connectivity index (χ4v) is 4.59. The number of benzene rings is 3. The van der Waals surface area contributed by atoms with Gasteiger partial charge in [0.2, 0.25) is 0 Å². The lowest BCUT2D eigenvalue weighted by molar-refractivity contribution is -0.139. The summed E-state index contributed by atoms with van der Waals surface area (Å²) in [5, 5.41) is 15.2. The van der Waals surface area contributed by atoms with Crippen LogP contribution in [0.25, 0.3) is 23.0 Å². The molecule has 2 amide bonds. The zero-order valence-electron chi connectivity index (χ0n) is 22.3. The Morgan fingerprint density at radius 2 is 1.71 bits per heavy atom. The lowest BCUT2D eigenvalue weighted by atomic mass is 9.93. The van der Waals surface area contributed by atoms with Gasteiger partial charge in [-0.2, -0.15) is 10.4 Å². The summed E-state index contributed by atoms with van der Waals surface area (Å²) in [7, 11) is 0. The first kappa shape index (κ1) is 27.4. The van der Waals surface area contributed by atoms with Crippen LogP contribution in [-0.4, -0.2) is 33.0 Å². The summed E-state index contributed by atoms with van der Waals surface area (Å²) < 4.78 is 7.67. The van der Waals surface area contributed by atoms with Gasteiger partial charge in [0.15, 0.2) is 0 Å². The summed E-state index contributed by atoms with van der Waals surface area (Å²) in [6, 6.07) is 26.5. The molecule has 8 heteroatoms. The highest BCUT2D eigenvalue weighted by Crippen LogP contribution is 2.32. The third kappa shape index (κ3) is 5.74. The van der Waals surface area contributed by atoms with Crippen molar-refractivity contribution in [2.24, 2.45) is 0 Å². The van der Waals surface area contributed by atoms with E-state index in [9.17, 15) is 14.9 Å². The molecular weight excluding hydrogens is 536 g/mol. The average molecular weight is 561 g/mol. The first-order valence-electron chi connectivity index (χ1n) is 12.8. The van der Waals surface area contributed by atoms with Crippen LogP contribution in [0.5, 0.6) is 5.75 Å². The molecule has 3 aromatic carbocycles. The Morgan fingerprint density at radius 1 is 1.00 bits per heavy atom. The van der Waals surface area contributed by atoms with Gasteiger partial charge in [0.25, 0.3) is 11.8 Å². The van der Waals surface area contributed by atoms with Crippen molar-refractivity contribution >= 4 is 29.5 Å². The number of hydrogen-bond donors (Lipinski definition) is 0. The Labute approximate surface area is 242 Å². The number of para-hydroxylation sites is 1. The number of rotatable bonds is 8. The van der Waals surface area contributed by atoms with E-state index in [0.717, 1.165) is 21.7 Å². The van der Waals surface area contributed by atoms with E-state index < -0.39 is 11.8 Å². The van der Waals surface area contributed by atoms with Crippen LogP contribution in [0.3, 0.4) is 0 Å². The monoisotopic (exact) mass is 560 g/mol. The molecule has 41 heavy (non-hydrogen) atoms. The number of nitriles is 1. The second kappa shape index (κ2) is 11.9. The van der Waals surface area contributed by atoms with Crippen molar-refractivity contribution in [3.05, 3.63) is 131 Å². The summed E-state index contributed by atoms with van der Waals surface area (Å²) in [4.78, 5) is 27.1. The highest BCUT2D eigenvalue weighted by molar-refractivity contribution is 6.30. The zero-order chi connectivity index (χ0) is 28.9. The summed E-state index contributed by atoms with van der Waals surface area (Å²) in [5.41, 5.74) is 4.41. The van der Waals surface area contributed by atoms with Gasteiger partial charge in [0.05, 0.1) is 11.4 Å². The average Bonchev–Trinajstić information content (AvgIpc) is 3.42. The molecule has 1 aliphatic heterocycles. The molecule has 1 aromatic heterocycles. The Morgan fingerprint density at radius 3 is 2.37 bits per heavy atom. The number of aromatic nitrogens is 2. The van der Waals surface area contributed by atoms with Crippen molar-refractivity contribution in [1.29, 1.82) is 5.26 Å². The molecular formula is C33H25ClN4O3. The normalized spacial score (nSPS) is 14.4. The lowest BCUT2D eigenvalue weighted by Gasteiger charge is -2.26. The topological polar surface area (TPSA) is 88.2 Å². The summed E-state index contributed by atoms with van der Waals surface area (Å²) in [5.74, 6) is -0.429. The molecule has 0 aliphatic carbocycles. The first-order chi connectivity index (χ1) is 19.9. The van der Waals surface area contributed by atoms with Crippen LogP contribution in [0.15, 0.2) is 114 Å². The van der Waals surface area contributed by atoms with Crippen LogP contribution < -0.4 is 4.74 Å². The van der Waals surface area contributed by atoms with Crippen LogP contribution in [0.1, 0.15) is 18.1 Å². The zero-order valence-corrected chi connectivity index (χ0v) is 23.0. The maximum Gasteiger partial charge on any atom is 0.271 e. The molecule has 2 heterocycles. The highest BCUT2D eigenvalue weighted by Gasteiger charge is 2.35. The smallest absolute Gasteiger partial charge is 0.271 e. The third-order valence-corrected chi connectivity index (χ3v) is 6.90. The quantitative estimate of drug-likeness (QED) is 0.138. The Kier molecular flexibility index (Phi) is 7.95. The minimum atomic E-state index is -0.624. The highest BCUT2D eigenvalue weighted by atomic mass is 35.5. The van der Waals surface area contributed by atoms with Crippen molar-refractivity contribution < 1.29 is 14.3 Å². The molecule has 0 spiro atoms. The first-order valence-corrected chi connectivity index (χ1v) is 13.2. The van der Waals surface area contributed by atoms with E-state index in [1.165, 1.54) is 6.08 Å². The van der Waals surface area contributed by atoms with Gasteiger partial charge in [0.1, 0.15) is 24.0 Å². The SMILES string of the molecule is C=CCN1C(=O)C(C#N)=C(C)/C(=C\c2cn(-c3ccccc3)nc2-c2ccc(OCc3ccc(Cl)cc3)cc2)C1=O. The van der Waals surface area contributed by atoms with Gasteiger partial charge in [0, 0.05) is 34.5 Å². The van der Waals surface area contributed by atoms with Crippen LogP contribution in [-0.2, 0) is 16.2 Å². The standard InChI is InChI=1S/C33H25ClN4O3/c1-3-17-37-32(39)29(22(2)30(19-35)33(37)40)18-25-20-38(27-7-5-4-6-8-27)36-31(25)24-11-15-28(16-12-24)41-21-23-9-13-26(34)14-10-23/h3-16,18,20H,1,17,21H2,2H3/b29-18+.